The van der Waals surface area contributed by atoms with E-state index in [4.69, 9.17) is 0 Å². The van der Waals surface area contributed by atoms with Crippen molar-refractivity contribution in [2.45, 2.75) is 25.4 Å². The number of sulfonamides is 1. The van der Waals surface area contributed by atoms with Crippen molar-refractivity contribution in [3.05, 3.63) is 18.2 Å². The summed E-state index contributed by atoms with van der Waals surface area (Å²) >= 11 is 0. The maximum absolute atomic E-state index is 12.2. The molecule has 0 radical (unpaired) electrons. The van der Waals surface area contributed by atoms with Gasteiger partial charge in [-0.05, 0) is 19.4 Å². The van der Waals surface area contributed by atoms with E-state index < -0.39 is 10.0 Å². The first-order valence-electron chi connectivity index (χ1n) is 6.12. The lowest BCUT2D eigenvalue weighted by atomic mass is 10.3. The summed E-state index contributed by atoms with van der Waals surface area (Å²) in [6, 6.07) is 0.0961. The van der Waals surface area contributed by atoms with Gasteiger partial charge in [-0.2, -0.15) is 4.31 Å². The third kappa shape index (κ3) is 3.09. The Labute approximate surface area is 108 Å². The van der Waals surface area contributed by atoms with Gasteiger partial charge in [0, 0.05) is 32.5 Å². The Morgan fingerprint density at radius 2 is 2.39 bits per heavy atom. The van der Waals surface area contributed by atoms with Gasteiger partial charge in [0.1, 0.15) is 5.82 Å². The molecule has 0 saturated carbocycles. The number of rotatable bonds is 5. The second-order valence-electron chi connectivity index (χ2n) is 4.78. The molecular formula is C11H20N4O2S. The van der Waals surface area contributed by atoms with Gasteiger partial charge in [-0.3, -0.25) is 0 Å². The van der Waals surface area contributed by atoms with Gasteiger partial charge in [-0.25, -0.2) is 13.4 Å². The highest BCUT2D eigenvalue weighted by Crippen LogP contribution is 2.12. The van der Waals surface area contributed by atoms with E-state index in [1.165, 1.54) is 4.31 Å². The molecule has 0 aliphatic carbocycles. The van der Waals surface area contributed by atoms with Crippen molar-refractivity contribution >= 4 is 10.0 Å². The molecule has 1 fully saturated rings. The van der Waals surface area contributed by atoms with Gasteiger partial charge >= 0.3 is 0 Å². The standard InChI is InChI=1S/C11H20N4O2S/c1-14-7-6-13-11(14)8-15(2)18(16,17)9-10-4-3-5-12-10/h6-7,10,12H,3-5,8-9H2,1-2H3. The average molecular weight is 272 g/mol. The monoisotopic (exact) mass is 272 g/mol. The highest BCUT2D eigenvalue weighted by molar-refractivity contribution is 7.89. The van der Waals surface area contributed by atoms with E-state index >= 15 is 0 Å². The Bertz CT molecular complexity index is 491. The number of aryl methyl sites for hydroxylation is 1. The minimum Gasteiger partial charge on any atom is -0.337 e. The second-order valence-corrected chi connectivity index (χ2v) is 6.90. The van der Waals surface area contributed by atoms with Crippen LogP contribution in [0.1, 0.15) is 18.7 Å². The van der Waals surface area contributed by atoms with Crippen LogP contribution in [0.3, 0.4) is 0 Å². The third-order valence-corrected chi connectivity index (χ3v) is 5.24. The zero-order valence-corrected chi connectivity index (χ0v) is 11.7. The summed E-state index contributed by atoms with van der Waals surface area (Å²) in [6.45, 7) is 1.24. The van der Waals surface area contributed by atoms with Crippen molar-refractivity contribution < 1.29 is 8.42 Å². The number of hydrogen-bond acceptors (Lipinski definition) is 4. The first-order valence-corrected chi connectivity index (χ1v) is 7.73. The minimum absolute atomic E-state index is 0.0961. The molecular weight excluding hydrogens is 252 g/mol. The predicted molar refractivity (Wildman–Crippen MR) is 69.5 cm³/mol. The summed E-state index contributed by atoms with van der Waals surface area (Å²) in [7, 11) is 0.253. The average Bonchev–Trinajstić information content (AvgIpc) is 2.91. The van der Waals surface area contributed by atoms with E-state index in [0.717, 1.165) is 25.2 Å². The largest absolute Gasteiger partial charge is 0.337 e. The molecule has 0 amide bonds. The van der Waals surface area contributed by atoms with Crippen molar-refractivity contribution in [1.82, 2.24) is 19.2 Å². The predicted octanol–water partition coefficient (Wildman–Crippen LogP) is -0.0663. The normalized spacial score (nSPS) is 20.7. The van der Waals surface area contributed by atoms with Gasteiger partial charge < -0.3 is 9.88 Å². The molecule has 102 valence electrons. The highest BCUT2D eigenvalue weighted by atomic mass is 32.2. The molecule has 0 spiro atoms. The van der Waals surface area contributed by atoms with Crippen molar-refractivity contribution in [2.75, 3.05) is 19.3 Å². The second kappa shape index (κ2) is 5.38. The third-order valence-electron chi connectivity index (χ3n) is 3.33. The van der Waals surface area contributed by atoms with Crippen LogP contribution in [0.5, 0.6) is 0 Å². The van der Waals surface area contributed by atoms with Crippen LogP contribution in [0.15, 0.2) is 12.4 Å². The summed E-state index contributed by atoms with van der Waals surface area (Å²) in [6.07, 6.45) is 5.49. The molecule has 1 aromatic rings. The van der Waals surface area contributed by atoms with Crippen LogP contribution in [0, 0.1) is 0 Å². The molecule has 1 N–H and O–H groups in total. The Morgan fingerprint density at radius 1 is 1.61 bits per heavy atom. The maximum atomic E-state index is 12.2. The van der Waals surface area contributed by atoms with Crippen molar-refractivity contribution in [3.63, 3.8) is 0 Å². The maximum Gasteiger partial charge on any atom is 0.215 e. The van der Waals surface area contributed by atoms with Crippen molar-refractivity contribution in [2.24, 2.45) is 7.05 Å². The molecule has 1 unspecified atom stereocenters. The fourth-order valence-electron chi connectivity index (χ4n) is 2.13. The zero-order valence-electron chi connectivity index (χ0n) is 10.8. The molecule has 1 saturated heterocycles. The number of nitrogens with zero attached hydrogens (tertiary/aromatic N) is 3. The first kappa shape index (κ1) is 13.5. The number of aromatic nitrogens is 2. The lowest BCUT2D eigenvalue weighted by Crippen LogP contribution is -2.37. The van der Waals surface area contributed by atoms with E-state index in [2.05, 4.69) is 10.3 Å². The lowest BCUT2D eigenvalue weighted by Gasteiger charge is -2.19. The Hall–Kier alpha value is -0.920. The molecule has 1 aliphatic rings. The molecule has 1 aromatic heterocycles. The number of hydrogen-bond donors (Lipinski definition) is 1. The molecule has 2 rings (SSSR count). The Kier molecular flexibility index (Phi) is 4.04. The van der Waals surface area contributed by atoms with E-state index in [0.29, 0.717) is 6.54 Å². The Balaban J connectivity index is 1.98. The summed E-state index contributed by atoms with van der Waals surface area (Å²) in [5.74, 6) is 0.925. The van der Waals surface area contributed by atoms with Gasteiger partial charge in [0.2, 0.25) is 10.0 Å². The summed E-state index contributed by atoms with van der Waals surface area (Å²) in [5.41, 5.74) is 0. The van der Waals surface area contributed by atoms with Gasteiger partial charge in [0.25, 0.3) is 0 Å². The van der Waals surface area contributed by atoms with Crippen LogP contribution in [-0.2, 0) is 23.6 Å². The molecule has 1 atom stereocenters. The van der Waals surface area contributed by atoms with E-state index in [1.54, 1.807) is 13.2 Å². The van der Waals surface area contributed by atoms with Crippen LogP contribution in [0.2, 0.25) is 0 Å². The van der Waals surface area contributed by atoms with Gasteiger partial charge in [0.15, 0.2) is 0 Å². The summed E-state index contributed by atoms with van der Waals surface area (Å²) < 4.78 is 27.6. The van der Waals surface area contributed by atoms with Gasteiger partial charge in [-0.1, -0.05) is 0 Å². The quantitative estimate of drug-likeness (QED) is 0.815. The minimum atomic E-state index is -3.22. The highest BCUT2D eigenvalue weighted by Gasteiger charge is 2.26. The molecule has 0 aromatic carbocycles. The van der Waals surface area contributed by atoms with Crippen molar-refractivity contribution in [1.29, 1.82) is 0 Å². The number of imidazole rings is 1. The smallest absolute Gasteiger partial charge is 0.215 e. The molecule has 1 aliphatic heterocycles. The van der Waals surface area contributed by atoms with Crippen LogP contribution in [0.4, 0.5) is 0 Å². The van der Waals surface area contributed by atoms with Crippen LogP contribution < -0.4 is 5.32 Å². The van der Waals surface area contributed by atoms with Gasteiger partial charge in [-0.15, -0.1) is 0 Å². The summed E-state index contributed by atoms with van der Waals surface area (Å²) in [5, 5.41) is 3.21. The summed E-state index contributed by atoms with van der Waals surface area (Å²) in [4.78, 5) is 4.14. The topological polar surface area (TPSA) is 67.2 Å². The van der Waals surface area contributed by atoms with Crippen molar-refractivity contribution in [3.8, 4) is 0 Å². The fourth-order valence-corrected chi connectivity index (χ4v) is 3.49. The van der Waals surface area contributed by atoms with Gasteiger partial charge in [0.05, 0.1) is 12.3 Å². The Morgan fingerprint density at radius 3 is 2.94 bits per heavy atom. The molecule has 0 bridgehead atoms. The van der Waals surface area contributed by atoms with Crippen LogP contribution in [-0.4, -0.2) is 47.7 Å². The van der Waals surface area contributed by atoms with E-state index in [1.807, 2.05) is 17.8 Å². The molecule has 6 nitrogen and oxygen atoms in total. The number of nitrogens with one attached hydrogen (secondary N) is 1. The van der Waals surface area contributed by atoms with E-state index in [-0.39, 0.29) is 11.8 Å². The molecule has 2 heterocycles. The fraction of sp³-hybridized carbons (Fsp3) is 0.727. The molecule has 18 heavy (non-hydrogen) atoms. The zero-order chi connectivity index (χ0) is 13.2. The SMILES string of the molecule is CN(Cc1nccn1C)S(=O)(=O)CC1CCCN1. The van der Waals surface area contributed by atoms with Crippen LogP contribution >= 0.6 is 0 Å². The first-order chi connectivity index (χ1) is 8.49. The lowest BCUT2D eigenvalue weighted by molar-refractivity contribution is 0.445. The molecule has 7 heteroatoms. The van der Waals surface area contributed by atoms with Crippen LogP contribution in [0.25, 0.3) is 0 Å². The van der Waals surface area contributed by atoms with E-state index in [9.17, 15) is 8.42 Å².